The van der Waals surface area contributed by atoms with Gasteiger partial charge < -0.3 is 0 Å². The van der Waals surface area contributed by atoms with Crippen LogP contribution >= 0.6 is 31.9 Å². The Kier molecular flexibility index (Phi) is 4.35. The zero-order valence-electron chi connectivity index (χ0n) is 9.40. The van der Waals surface area contributed by atoms with Gasteiger partial charge in [0, 0.05) is 8.95 Å². The van der Waals surface area contributed by atoms with E-state index in [1.807, 2.05) is 54.6 Å². The molecule has 1 nitrogen and oxygen atoms in total. The monoisotopic (exact) mass is 361 g/mol. The Morgan fingerprint density at radius 1 is 0.889 bits per heavy atom. The Morgan fingerprint density at radius 2 is 1.39 bits per heavy atom. The maximum absolute atomic E-state index is 9.23. The van der Waals surface area contributed by atoms with E-state index in [1.165, 1.54) is 0 Å². The molecular formula is C15H9Br2N. The van der Waals surface area contributed by atoms with E-state index in [2.05, 4.69) is 37.9 Å². The largest absolute Gasteiger partial charge is 0.192 e. The molecule has 18 heavy (non-hydrogen) atoms. The van der Waals surface area contributed by atoms with Crippen LogP contribution < -0.4 is 0 Å². The molecule has 0 saturated heterocycles. The molecule has 2 rings (SSSR count). The van der Waals surface area contributed by atoms with Crippen molar-refractivity contribution in [2.75, 3.05) is 0 Å². The number of nitrogens with zero attached hydrogens (tertiary/aromatic N) is 1. The van der Waals surface area contributed by atoms with Crippen LogP contribution in [0.15, 0.2) is 57.5 Å². The van der Waals surface area contributed by atoms with Gasteiger partial charge in [-0.05, 0) is 41.5 Å². The van der Waals surface area contributed by atoms with Gasteiger partial charge in [0.1, 0.15) is 0 Å². The fraction of sp³-hybridized carbons (Fsp3) is 0. The predicted molar refractivity (Wildman–Crippen MR) is 81.8 cm³/mol. The SMILES string of the molecule is N#C/C(=C/c1ccc(Br)cc1)c1ccc(Br)cc1. The fourth-order valence-electron chi connectivity index (χ4n) is 1.54. The number of rotatable bonds is 2. The number of benzene rings is 2. The van der Waals surface area contributed by atoms with Crippen LogP contribution in [-0.2, 0) is 0 Å². The maximum Gasteiger partial charge on any atom is 0.0998 e. The highest BCUT2D eigenvalue weighted by atomic mass is 79.9. The zero-order chi connectivity index (χ0) is 13.0. The van der Waals surface area contributed by atoms with E-state index in [-0.39, 0.29) is 0 Å². The van der Waals surface area contributed by atoms with Gasteiger partial charge in [-0.1, -0.05) is 56.1 Å². The zero-order valence-corrected chi connectivity index (χ0v) is 12.6. The van der Waals surface area contributed by atoms with Crippen LogP contribution in [0.3, 0.4) is 0 Å². The van der Waals surface area contributed by atoms with Crippen LogP contribution in [0.2, 0.25) is 0 Å². The standard InChI is InChI=1S/C15H9Br2N/c16-14-5-1-11(2-6-14)9-13(10-18)12-3-7-15(17)8-4-12/h1-9H/b13-9-. The predicted octanol–water partition coefficient (Wildman–Crippen LogP) is 5.28. The summed E-state index contributed by atoms with van der Waals surface area (Å²) in [6.07, 6.45) is 1.88. The average Bonchev–Trinajstić information content (AvgIpc) is 2.39. The first-order chi connectivity index (χ1) is 8.69. The van der Waals surface area contributed by atoms with Gasteiger partial charge in [-0.2, -0.15) is 5.26 Å². The molecule has 2 aromatic rings. The van der Waals surface area contributed by atoms with Gasteiger partial charge in [0.2, 0.25) is 0 Å². The first-order valence-electron chi connectivity index (χ1n) is 5.32. The summed E-state index contributed by atoms with van der Waals surface area (Å²) < 4.78 is 2.04. The second-order valence-corrected chi connectivity index (χ2v) is 5.56. The van der Waals surface area contributed by atoms with E-state index in [4.69, 9.17) is 0 Å². The topological polar surface area (TPSA) is 23.8 Å². The van der Waals surface area contributed by atoms with Crippen molar-refractivity contribution in [2.24, 2.45) is 0 Å². The first-order valence-corrected chi connectivity index (χ1v) is 6.91. The minimum absolute atomic E-state index is 0.657. The molecule has 3 heteroatoms. The van der Waals surface area contributed by atoms with E-state index in [0.717, 1.165) is 20.1 Å². The third kappa shape index (κ3) is 3.32. The van der Waals surface area contributed by atoms with E-state index in [0.29, 0.717) is 5.57 Å². The number of nitriles is 1. The van der Waals surface area contributed by atoms with Crippen LogP contribution in [0.1, 0.15) is 11.1 Å². The van der Waals surface area contributed by atoms with Gasteiger partial charge in [-0.3, -0.25) is 0 Å². The third-order valence-electron chi connectivity index (χ3n) is 2.46. The molecule has 2 aromatic carbocycles. The summed E-state index contributed by atoms with van der Waals surface area (Å²) in [5.41, 5.74) is 2.59. The average molecular weight is 363 g/mol. The summed E-state index contributed by atoms with van der Waals surface area (Å²) in [5, 5.41) is 9.23. The molecule has 0 N–H and O–H groups in total. The molecule has 0 aliphatic heterocycles. The molecule has 0 aromatic heterocycles. The molecule has 0 unspecified atom stereocenters. The molecule has 0 saturated carbocycles. The molecule has 0 aliphatic rings. The van der Waals surface area contributed by atoms with Gasteiger partial charge in [-0.15, -0.1) is 0 Å². The fourth-order valence-corrected chi connectivity index (χ4v) is 2.06. The Balaban J connectivity index is 2.37. The van der Waals surface area contributed by atoms with Crippen LogP contribution in [0.5, 0.6) is 0 Å². The van der Waals surface area contributed by atoms with Crippen LogP contribution in [-0.4, -0.2) is 0 Å². The molecule has 0 heterocycles. The van der Waals surface area contributed by atoms with Gasteiger partial charge >= 0.3 is 0 Å². The normalized spacial score (nSPS) is 11.1. The Morgan fingerprint density at radius 3 is 1.89 bits per heavy atom. The summed E-state index contributed by atoms with van der Waals surface area (Å²) >= 11 is 6.77. The quantitative estimate of drug-likeness (QED) is 0.527. The van der Waals surface area contributed by atoms with E-state index in [1.54, 1.807) is 0 Å². The van der Waals surface area contributed by atoms with Crippen molar-refractivity contribution in [3.63, 3.8) is 0 Å². The number of hydrogen-bond acceptors (Lipinski definition) is 1. The molecule has 0 radical (unpaired) electrons. The highest BCUT2D eigenvalue weighted by molar-refractivity contribution is 9.10. The number of halogens is 2. The smallest absolute Gasteiger partial charge is 0.0998 e. The second kappa shape index (κ2) is 5.99. The highest BCUT2D eigenvalue weighted by Gasteiger charge is 2.00. The lowest BCUT2D eigenvalue weighted by Crippen LogP contribution is -1.81. The lowest BCUT2D eigenvalue weighted by molar-refractivity contribution is 1.52. The lowest BCUT2D eigenvalue weighted by Gasteiger charge is -2.00. The van der Waals surface area contributed by atoms with Crippen molar-refractivity contribution < 1.29 is 0 Å². The maximum atomic E-state index is 9.23. The molecule has 88 valence electrons. The van der Waals surface area contributed by atoms with E-state index >= 15 is 0 Å². The number of allylic oxidation sites excluding steroid dienone is 1. The van der Waals surface area contributed by atoms with Crippen molar-refractivity contribution in [3.8, 4) is 6.07 Å². The Hall–Kier alpha value is -1.37. The second-order valence-electron chi connectivity index (χ2n) is 3.73. The molecule has 0 fully saturated rings. The third-order valence-corrected chi connectivity index (χ3v) is 3.51. The highest BCUT2D eigenvalue weighted by Crippen LogP contribution is 2.21. The minimum Gasteiger partial charge on any atom is -0.192 e. The lowest BCUT2D eigenvalue weighted by atomic mass is 10.0. The van der Waals surface area contributed by atoms with Gasteiger partial charge in [-0.25, -0.2) is 0 Å². The molecule has 0 atom stereocenters. The van der Waals surface area contributed by atoms with Gasteiger partial charge in [0.15, 0.2) is 0 Å². The van der Waals surface area contributed by atoms with E-state index < -0.39 is 0 Å². The molecule has 0 aliphatic carbocycles. The van der Waals surface area contributed by atoms with Crippen molar-refractivity contribution in [2.45, 2.75) is 0 Å². The number of hydrogen-bond donors (Lipinski definition) is 0. The summed E-state index contributed by atoms with van der Waals surface area (Å²) in [5.74, 6) is 0. The first kappa shape index (κ1) is 13.1. The summed E-state index contributed by atoms with van der Waals surface area (Å²) in [6, 6.07) is 17.8. The van der Waals surface area contributed by atoms with Gasteiger partial charge in [0.05, 0.1) is 11.6 Å². The van der Waals surface area contributed by atoms with Gasteiger partial charge in [0.25, 0.3) is 0 Å². The Bertz CT molecular complexity index is 604. The van der Waals surface area contributed by atoms with Crippen molar-refractivity contribution >= 4 is 43.5 Å². The molecule has 0 spiro atoms. The summed E-state index contributed by atoms with van der Waals surface area (Å²) in [7, 11) is 0. The van der Waals surface area contributed by atoms with Crippen molar-refractivity contribution in [1.82, 2.24) is 0 Å². The van der Waals surface area contributed by atoms with Crippen LogP contribution in [0, 0.1) is 11.3 Å². The van der Waals surface area contributed by atoms with Crippen LogP contribution in [0.25, 0.3) is 11.6 Å². The van der Waals surface area contributed by atoms with E-state index in [9.17, 15) is 5.26 Å². The Labute approximate surface area is 123 Å². The molecular weight excluding hydrogens is 354 g/mol. The van der Waals surface area contributed by atoms with Crippen molar-refractivity contribution in [3.05, 3.63) is 68.6 Å². The van der Waals surface area contributed by atoms with Crippen molar-refractivity contribution in [1.29, 1.82) is 5.26 Å². The van der Waals surface area contributed by atoms with Crippen LogP contribution in [0.4, 0.5) is 0 Å². The summed E-state index contributed by atoms with van der Waals surface area (Å²) in [6.45, 7) is 0. The molecule has 0 bridgehead atoms. The summed E-state index contributed by atoms with van der Waals surface area (Å²) in [4.78, 5) is 0. The molecule has 0 amide bonds. The minimum atomic E-state index is 0.657.